The van der Waals surface area contributed by atoms with Gasteiger partial charge in [0, 0.05) is 42.8 Å². The third kappa shape index (κ3) is 3.36. The molecular formula is C21H19N3O3S. The lowest BCUT2D eigenvalue weighted by Gasteiger charge is -2.11. The Bertz CT molecular complexity index is 1230. The zero-order valence-electron chi connectivity index (χ0n) is 15.7. The van der Waals surface area contributed by atoms with Gasteiger partial charge in [0.25, 0.3) is 5.91 Å². The summed E-state index contributed by atoms with van der Waals surface area (Å²) in [7, 11) is 2.10. The van der Waals surface area contributed by atoms with Crippen LogP contribution in [0.15, 0.2) is 64.0 Å². The quantitative estimate of drug-likeness (QED) is 0.571. The fourth-order valence-corrected chi connectivity index (χ4v) is 3.92. The van der Waals surface area contributed by atoms with Crippen LogP contribution in [0.2, 0.25) is 0 Å². The molecule has 0 saturated heterocycles. The smallest absolute Gasteiger partial charge is 0.298 e. The molecule has 6 nitrogen and oxygen atoms in total. The lowest BCUT2D eigenvalue weighted by molar-refractivity contribution is 0.0958. The summed E-state index contributed by atoms with van der Waals surface area (Å²) in [6, 6.07) is 14.7. The van der Waals surface area contributed by atoms with Crippen LogP contribution in [-0.2, 0) is 11.0 Å². The van der Waals surface area contributed by atoms with Crippen LogP contribution in [0.3, 0.4) is 0 Å². The van der Waals surface area contributed by atoms with Gasteiger partial charge in [0.2, 0.25) is 0 Å². The van der Waals surface area contributed by atoms with Crippen molar-refractivity contribution in [1.29, 1.82) is 0 Å². The zero-order valence-corrected chi connectivity index (χ0v) is 16.5. The highest BCUT2D eigenvalue weighted by Gasteiger charge is 2.18. The molecule has 0 fully saturated rings. The Kier molecular flexibility index (Phi) is 4.60. The molecule has 142 valence electrons. The van der Waals surface area contributed by atoms with Gasteiger partial charge in [0.05, 0.1) is 10.4 Å². The summed E-state index contributed by atoms with van der Waals surface area (Å²) in [5.74, 6) is -0.423. The highest BCUT2D eigenvalue weighted by Crippen LogP contribution is 2.25. The molecule has 28 heavy (non-hydrogen) atoms. The zero-order chi connectivity index (χ0) is 19.8. The number of para-hydroxylation sites is 1. The molecule has 2 heterocycles. The van der Waals surface area contributed by atoms with Crippen LogP contribution in [0.5, 0.6) is 0 Å². The minimum absolute atomic E-state index is 0.114. The average Bonchev–Trinajstić information content (AvgIpc) is 3.10. The Balaban J connectivity index is 1.62. The summed E-state index contributed by atoms with van der Waals surface area (Å²) >= 11 is 0. The van der Waals surface area contributed by atoms with Crippen molar-refractivity contribution in [2.75, 3.05) is 19.0 Å². The number of carbonyl (C=O) groups excluding carboxylic acids is 1. The number of carbonyl (C=O) groups is 1. The van der Waals surface area contributed by atoms with E-state index in [-0.39, 0.29) is 5.76 Å². The van der Waals surface area contributed by atoms with E-state index in [1.807, 2.05) is 56.3 Å². The molecule has 0 radical (unpaired) electrons. The molecule has 1 amide bonds. The number of furan rings is 1. The van der Waals surface area contributed by atoms with Crippen LogP contribution in [0.4, 0.5) is 5.69 Å². The topological polar surface area (TPSA) is 75.4 Å². The predicted molar refractivity (Wildman–Crippen MR) is 111 cm³/mol. The average molecular weight is 393 g/mol. The molecule has 0 aliphatic heterocycles. The molecule has 1 atom stereocenters. The van der Waals surface area contributed by atoms with Gasteiger partial charge in [-0.1, -0.05) is 12.1 Å². The van der Waals surface area contributed by atoms with Crippen LogP contribution in [0, 0.1) is 6.92 Å². The number of nitrogens with one attached hydrogen (secondary N) is 1. The third-order valence-corrected chi connectivity index (χ3v) is 5.54. The van der Waals surface area contributed by atoms with E-state index in [1.54, 1.807) is 24.4 Å². The Hall–Kier alpha value is -3.19. The minimum Gasteiger partial charge on any atom is -0.451 e. The van der Waals surface area contributed by atoms with Crippen molar-refractivity contribution in [1.82, 2.24) is 9.71 Å². The maximum absolute atomic E-state index is 12.8. The number of fused-ring (bicyclic) bond motifs is 2. The van der Waals surface area contributed by atoms with Gasteiger partial charge in [-0.2, -0.15) is 0 Å². The number of aromatic nitrogens is 1. The third-order valence-electron chi connectivity index (χ3n) is 4.44. The highest BCUT2D eigenvalue weighted by molar-refractivity contribution is 7.84. The van der Waals surface area contributed by atoms with E-state index in [9.17, 15) is 9.00 Å². The van der Waals surface area contributed by atoms with E-state index >= 15 is 0 Å². The van der Waals surface area contributed by atoms with E-state index in [0.29, 0.717) is 16.0 Å². The summed E-state index contributed by atoms with van der Waals surface area (Å²) in [5.41, 5.74) is 3.18. The summed E-state index contributed by atoms with van der Waals surface area (Å²) in [6.45, 7) is 1.95. The normalized spacial score (nSPS) is 12.2. The van der Waals surface area contributed by atoms with Gasteiger partial charge in [0.1, 0.15) is 5.58 Å². The molecule has 4 rings (SSSR count). The van der Waals surface area contributed by atoms with Crippen molar-refractivity contribution >= 4 is 44.5 Å². The largest absolute Gasteiger partial charge is 0.451 e. The van der Waals surface area contributed by atoms with Crippen molar-refractivity contribution in [2.24, 2.45) is 0 Å². The van der Waals surface area contributed by atoms with Crippen molar-refractivity contribution in [3.63, 3.8) is 0 Å². The second-order valence-corrected chi connectivity index (χ2v) is 7.95. The first-order valence-electron chi connectivity index (χ1n) is 8.71. The van der Waals surface area contributed by atoms with Crippen LogP contribution >= 0.6 is 0 Å². The maximum Gasteiger partial charge on any atom is 0.298 e. The summed E-state index contributed by atoms with van der Waals surface area (Å²) in [5, 5.41) is 1.68. The number of pyridine rings is 1. The molecule has 0 saturated carbocycles. The van der Waals surface area contributed by atoms with Crippen LogP contribution in [-0.4, -0.2) is 29.2 Å². The van der Waals surface area contributed by atoms with Crippen molar-refractivity contribution in [3.8, 4) is 0 Å². The number of rotatable bonds is 4. The molecule has 2 aromatic carbocycles. The number of hydrogen-bond donors (Lipinski definition) is 1. The van der Waals surface area contributed by atoms with Gasteiger partial charge in [-0.25, -0.2) is 4.21 Å². The lowest BCUT2D eigenvalue weighted by Crippen LogP contribution is -2.25. The molecule has 7 heteroatoms. The number of nitrogens with zero attached hydrogens (tertiary/aromatic N) is 2. The second-order valence-electron chi connectivity index (χ2n) is 6.77. The number of benzene rings is 2. The highest BCUT2D eigenvalue weighted by atomic mass is 32.2. The SMILES string of the molecule is Cc1cnc2c(S(=O)NC(=O)c3cc4ccc(N(C)C)cc4o3)cccc2c1. The minimum atomic E-state index is -1.76. The molecule has 2 aromatic heterocycles. The fourth-order valence-electron chi connectivity index (χ4n) is 2.99. The summed E-state index contributed by atoms with van der Waals surface area (Å²) in [4.78, 5) is 19.4. The van der Waals surface area contributed by atoms with Crippen molar-refractivity contribution in [3.05, 3.63) is 66.1 Å². The van der Waals surface area contributed by atoms with Crippen molar-refractivity contribution in [2.45, 2.75) is 11.8 Å². The lowest BCUT2D eigenvalue weighted by atomic mass is 10.2. The molecule has 0 bridgehead atoms. The van der Waals surface area contributed by atoms with Gasteiger partial charge in [-0.05, 0) is 42.8 Å². The molecule has 0 spiro atoms. The standard InChI is InChI=1S/C21H19N3O3S/c1-13-9-15-5-4-6-19(20(15)22-12-13)28(26)23-21(25)18-10-14-7-8-16(24(2)3)11-17(14)27-18/h4-12H,1-3H3,(H,23,25). The van der Waals surface area contributed by atoms with E-state index < -0.39 is 16.9 Å². The number of amides is 1. The van der Waals surface area contributed by atoms with Crippen LogP contribution in [0.25, 0.3) is 21.9 Å². The molecule has 1 unspecified atom stereocenters. The van der Waals surface area contributed by atoms with Crippen molar-refractivity contribution < 1.29 is 13.4 Å². The Morgan fingerprint density at radius 1 is 1.11 bits per heavy atom. The molecule has 4 aromatic rings. The summed E-state index contributed by atoms with van der Waals surface area (Å²) < 4.78 is 21.0. The number of aryl methyl sites for hydroxylation is 1. The first-order valence-corrected chi connectivity index (χ1v) is 9.86. The Morgan fingerprint density at radius 3 is 2.71 bits per heavy atom. The Labute approximate surface area is 164 Å². The van der Waals surface area contributed by atoms with Gasteiger partial charge < -0.3 is 9.32 Å². The fraction of sp³-hybridized carbons (Fsp3) is 0.143. The molecule has 1 N–H and O–H groups in total. The van der Waals surface area contributed by atoms with E-state index in [2.05, 4.69) is 9.71 Å². The number of anilines is 1. The maximum atomic E-state index is 12.8. The summed E-state index contributed by atoms with van der Waals surface area (Å²) in [6.07, 6.45) is 1.71. The van der Waals surface area contributed by atoms with Crippen LogP contribution in [0.1, 0.15) is 16.1 Å². The van der Waals surface area contributed by atoms with E-state index in [1.165, 1.54) is 0 Å². The molecule has 0 aliphatic rings. The Morgan fingerprint density at radius 2 is 1.93 bits per heavy atom. The van der Waals surface area contributed by atoms with E-state index in [4.69, 9.17) is 4.42 Å². The van der Waals surface area contributed by atoms with Gasteiger partial charge >= 0.3 is 0 Å². The number of hydrogen-bond acceptors (Lipinski definition) is 5. The van der Waals surface area contributed by atoms with Crippen LogP contribution < -0.4 is 9.62 Å². The van der Waals surface area contributed by atoms with Gasteiger partial charge in [-0.3, -0.25) is 14.5 Å². The second kappa shape index (κ2) is 7.09. The predicted octanol–water partition coefficient (Wildman–Crippen LogP) is 3.81. The first kappa shape index (κ1) is 18.2. The van der Waals surface area contributed by atoms with Gasteiger partial charge in [0.15, 0.2) is 16.7 Å². The van der Waals surface area contributed by atoms with Gasteiger partial charge in [-0.15, -0.1) is 0 Å². The molecule has 0 aliphatic carbocycles. The monoisotopic (exact) mass is 393 g/mol. The first-order chi connectivity index (χ1) is 13.4. The van der Waals surface area contributed by atoms with E-state index in [0.717, 1.165) is 22.0 Å². The molecular weight excluding hydrogens is 374 g/mol.